The first-order valence-electron chi connectivity index (χ1n) is 5.43. The number of carbonyl (C=O) groups excluding carboxylic acids is 2. The smallest absolute Gasteiger partial charge is 0.261 e. The predicted octanol–water partition coefficient (Wildman–Crippen LogP) is 1.22. The van der Waals surface area contributed by atoms with Crippen molar-refractivity contribution in [1.29, 1.82) is 0 Å². The normalized spacial score (nSPS) is 10.5. The number of hydrogen-bond donors (Lipinski definition) is 2. The maximum atomic E-state index is 11.5. The number of amides is 2. The van der Waals surface area contributed by atoms with Gasteiger partial charge in [0, 0.05) is 0 Å². The van der Waals surface area contributed by atoms with Gasteiger partial charge in [0.1, 0.15) is 5.76 Å². The lowest BCUT2D eigenvalue weighted by Crippen LogP contribution is -2.34. The summed E-state index contributed by atoms with van der Waals surface area (Å²) in [6.45, 7) is -0.133. The number of rotatable bonds is 5. The van der Waals surface area contributed by atoms with E-state index in [2.05, 4.69) is 15.8 Å². The van der Waals surface area contributed by atoms with Crippen molar-refractivity contribution in [3.63, 3.8) is 0 Å². The van der Waals surface area contributed by atoms with Crippen molar-refractivity contribution in [2.75, 3.05) is 6.54 Å². The molecule has 0 fully saturated rings. The van der Waals surface area contributed by atoms with E-state index >= 15 is 0 Å². The molecule has 6 nitrogen and oxygen atoms in total. The number of hydrazone groups is 1. The van der Waals surface area contributed by atoms with E-state index in [1.54, 1.807) is 29.6 Å². The van der Waals surface area contributed by atoms with Crippen LogP contribution in [0, 0.1) is 0 Å². The summed E-state index contributed by atoms with van der Waals surface area (Å²) in [7, 11) is 0. The molecule has 2 aromatic heterocycles. The van der Waals surface area contributed by atoms with Crippen LogP contribution in [0.2, 0.25) is 0 Å². The van der Waals surface area contributed by atoms with Gasteiger partial charge in [0.05, 0.1) is 23.9 Å². The molecule has 2 rings (SSSR count). The molecule has 98 valence electrons. The fourth-order valence-electron chi connectivity index (χ4n) is 1.23. The Labute approximate surface area is 113 Å². The van der Waals surface area contributed by atoms with E-state index < -0.39 is 5.91 Å². The molecule has 0 aliphatic rings. The highest BCUT2D eigenvalue weighted by Gasteiger charge is 2.07. The molecule has 0 atom stereocenters. The summed E-state index contributed by atoms with van der Waals surface area (Å²) in [5, 5.41) is 7.97. The Morgan fingerprint density at radius 1 is 1.37 bits per heavy atom. The summed E-state index contributed by atoms with van der Waals surface area (Å²) in [6.07, 6.45) is 2.88. The lowest BCUT2D eigenvalue weighted by atomic mass is 10.4. The van der Waals surface area contributed by atoms with Gasteiger partial charge >= 0.3 is 0 Å². The van der Waals surface area contributed by atoms with Crippen LogP contribution < -0.4 is 10.7 Å². The van der Waals surface area contributed by atoms with E-state index in [0.717, 1.165) is 0 Å². The third-order valence-corrected chi connectivity index (χ3v) is 2.95. The molecule has 0 spiro atoms. The van der Waals surface area contributed by atoms with E-state index in [1.807, 2.05) is 0 Å². The Morgan fingerprint density at radius 2 is 2.26 bits per heavy atom. The van der Waals surface area contributed by atoms with Crippen molar-refractivity contribution < 1.29 is 14.0 Å². The molecule has 0 aromatic carbocycles. The van der Waals surface area contributed by atoms with Gasteiger partial charge in [0.2, 0.25) is 0 Å². The van der Waals surface area contributed by atoms with Crippen LogP contribution in [-0.4, -0.2) is 24.6 Å². The number of carbonyl (C=O) groups is 2. The first kappa shape index (κ1) is 13.0. The molecule has 0 saturated heterocycles. The van der Waals surface area contributed by atoms with Crippen LogP contribution in [0.5, 0.6) is 0 Å². The minimum Gasteiger partial charge on any atom is -0.463 e. The minimum atomic E-state index is -0.410. The van der Waals surface area contributed by atoms with Crippen LogP contribution in [0.3, 0.4) is 0 Å². The van der Waals surface area contributed by atoms with Gasteiger partial charge in [-0.1, -0.05) is 6.07 Å². The van der Waals surface area contributed by atoms with Crippen molar-refractivity contribution in [2.45, 2.75) is 0 Å². The molecule has 0 radical (unpaired) electrons. The zero-order valence-electron chi connectivity index (χ0n) is 9.83. The van der Waals surface area contributed by atoms with E-state index in [1.165, 1.54) is 23.8 Å². The number of thiophene rings is 1. The van der Waals surface area contributed by atoms with E-state index in [-0.39, 0.29) is 12.5 Å². The van der Waals surface area contributed by atoms with Crippen LogP contribution in [0.25, 0.3) is 0 Å². The Kier molecular flexibility index (Phi) is 4.46. The van der Waals surface area contributed by atoms with Gasteiger partial charge in [-0.05, 0) is 23.6 Å². The first-order valence-corrected chi connectivity index (χ1v) is 6.31. The van der Waals surface area contributed by atoms with Crippen molar-refractivity contribution in [2.24, 2.45) is 5.10 Å². The van der Waals surface area contributed by atoms with E-state index in [0.29, 0.717) is 10.6 Å². The van der Waals surface area contributed by atoms with Crippen LogP contribution in [0.1, 0.15) is 15.4 Å². The monoisotopic (exact) mass is 277 g/mol. The van der Waals surface area contributed by atoms with Gasteiger partial charge < -0.3 is 9.73 Å². The second-order valence-electron chi connectivity index (χ2n) is 3.47. The van der Waals surface area contributed by atoms with Gasteiger partial charge in [0.25, 0.3) is 11.8 Å². The second kappa shape index (κ2) is 6.50. The topological polar surface area (TPSA) is 83.7 Å². The lowest BCUT2D eigenvalue weighted by molar-refractivity contribution is -0.120. The Balaban J connectivity index is 1.71. The quantitative estimate of drug-likeness (QED) is 0.636. The van der Waals surface area contributed by atoms with Crippen molar-refractivity contribution >= 4 is 29.4 Å². The molecular formula is C12H11N3O3S. The second-order valence-corrected chi connectivity index (χ2v) is 4.42. The molecule has 7 heteroatoms. The Hall–Kier alpha value is -2.41. The third kappa shape index (κ3) is 4.07. The van der Waals surface area contributed by atoms with Gasteiger partial charge in [-0.15, -0.1) is 11.3 Å². The molecule has 2 N–H and O–H groups in total. The fourth-order valence-corrected chi connectivity index (χ4v) is 1.87. The van der Waals surface area contributed by atoms with Gasteiger partial charge in [-0.25, -0.2) is 5.43 Å². The van der Waals surface area contributed by atoms with Gasteiger partial charge in [-0.2, -0.15) is 5.10 Å². The summed E-state index contributed by atoms with van der Waals surface area (Å²) in [6, 6.07) is 6.87. The third-order valence-electron chi connectivity index (χ3n) is 2.08. The summed E-state index contributed by atoms with van der Waals surface area (Å²) in [5.74, 6) is -0.157. The van der Waals surface area contributed by atoms with Crippen LogP contribution in [-0.2, 0) is 4.79 Å². The molecule has 0 aliphatic heterocycles. The Bertz CT molecular complexity index is 561. The summed E-state index contributed by atoms with van der Waals surface area (Å²) in [5.41, 5.74) is 2.28. The molecule has 2 aromatic rings. The minimum absolute atomic E-state index is 0.133. The van der Waals surface area contributed by atoms with E-state index in [4.69, 9.17) is 4.42 Å². The average Bonchev–Trinajstić information content (AvgIpc) is 3.08. The Morgan fingerprint density at radius 3 is 2.95 bits per heavy atom. The molecule has 0 aliphatic carbocycles. The molecular weight excluding hydrogens is 266 g/mol. The molecule has 0 unspecified atom stereocenters. The fraction of sp³-hybridized carbons (Fsp3) is 0.0833. The number of hydrogen-bond acceptors (Lipinski definition) is 5. The van der Waals surface area contributed by atoms with Crippen LogP contribution >= 0.6 is 11.3 Å². The molecule has 2 heterocycles. The zero-order chi connectivity index (χ0) is 13.5. The summed E-state index contributed by atoms with van der Waals surface area (Å²) < 4.78 is 4.99. The summed E-state index contributed by atoms with van der Waals surface area (Å²) in [4.78, 5) is 23.5. The highest BCUT2D eigenvalue weighted by atomic mass is 32.1. The first-order chi connectivity index (χ1) is 9.25. The summed E-state index contributed by atoms with van der Waals surface area (Å²) >= 11 is 1.31. The standard InChI is InChI=1S/C12H11N3O3S/c16-11(15-14-7-9-3-1-5-18-9)8-13-12(17)10-4-2-6-19-10/h1-7H,8H2,(H,13,17)(H,15,16)/b14-7-. The predicted molar refractivity (Wildman–Crippen MR) is 71.1 cm³/mol. The van der Waals surface area contributed by atoms with Crippen LogP contribution in [0.4, 0.5) is 0 Å². The largest absolute Gasteiger partial charge is 0.463 e. The van der Waals surface area contributed by atoms with Crippen molar-refractivity contribution in [1.82, 2.24) is 10.7 Å². The van der Waals surface area contributed by atoms with Crippen molar-refractivity contribution in [3.05, 3.63) is 46.5 Å². The molecule has 2 amide bonds. The number of furan rings is 1. The number of nitrogens with one attached hydrogen (secondary N) is 2. The molecule has 19 heavy (non-hydrogen) atoms. The SMILES string of the molecule is O=C(CNC(=O)c1cccs1)N/N=C\c1ccco1. The maximum Gasteiger partial charge on any atom is 0.261 e. The highest BCUT2D eigenvalue weighted by molar-refractivity contribution is 7.12. The van der Waals surface area contributed by atoms with Crippen LogP contribution in [0.15, 0.2) is 45.4 Å². The molecule has 0 bridgehead atoms. The molecule has 0 saturated carbocycles. The zero-order valence-corrected chi connectivity index (χ0v) is 10.6. The van der Waals surface area contributed by atoms with Gasteiger partial charge in [-0.3, -0.25) is 9.59 Å². The van der Waals surface area contributed by atoms with Crippen molar-refractivity contribution in [3.8, 4) is 0 Å². The van der Waals surface area contributed by atoms with Gasteiger partial charge in [0.15, 0.2) is 0 Å². The highest BCUT2D eigenvalue weighted by Crippen LogP contribution is 2.07. The lowest BCUT2D eigenvalue weighted by Gasteiger charge is -2.01. The van der Waals surface area contributed by atoms with E-state index in [9.17, 15) is 9.59 Å². The maximum absolute atomic E-state index is 11.5. The number of nitrogens with zero attached hydrogens (tertiary/aromatic N) is 1. The average molecular weight is 277 g/mol.